The van der Waals surface area contributed by atoms with Crippen LogP contribution in [0.3, 0.4) is 0 Å². The zero-order chi connectivity index (χ0) is 18.6. The lowest BCUT2D eigenvalue weighted by Gasteiger charge is -2.01. The molecule has 6 heteroatoms. The van der Waals surface area contributed by atoms with Crippen LogP contribution in [0.1, 0.15) is 24.0 Å². The molecule has 1 amide bonds. The number of aromatic nitrogens is 2. The van der Waals surface area contributed by atoms with E-state index in [1.807, 2.05) is 64.8 Å². The molecule has 0 atom stereocenters. The molecule has 0 spiro atoms. The Labute approximate surface area is 161 Å². The SMILES string of the molecule is N#C/C(=C\c1cn(Cc2ccccc2)nc1-c1cccs1)C(=O)NC1CC1. The molecular formula is C21H18N4OS. The summed E-state index contributed by atoms with van der Waals surface area (Å²) in [4.78, 5) is 13.3. The van der Waals surface area contributed by atoms with Gasteiger partial charge in [0.15, 0.2) is 0 Å². The van der Waals surface area contributed by atoms with Crippen molar-refractivity contribution in [3.05, 3.63) is 70.7 Å². The number of benzene rings is 1. The van der Waals surface area contributed by atoms with Crippen molar-refractivity contribution in [2.24, 2.45) is 0 Å². The van der Waals surface area contributed by atoms with Crippen LogP contribution in [0.4, 0.5) is 0 Å². The Kier molecular flexibility index (Phi) is 4.86. The minimum absolute atomic E-state index is 0.110. The van der Waals surface area contributed by atoms with Gasteiger partial charge >= 0.3 is 0 Å². The van der Waals surface area contributed by atoms with Crippen molar-refractivity contribution in [3.63, 3.8) is 0 Å². The van der Waals surface area contributed by atoms with E-state index >= 15 is 0 Å². The molecule has 1 fully saturated rings. The highest BCUT2D eigenvalue weighted by atomic mass is 32.1. The molecule has 0 bridgehead atoms. The van der Waals surface area contributed by atoms with E-state index in [9.17, 15) is 10.1 Å². The molecule has 5 nitrogen and oxygen atoms in total. The molecule has 1 saturated carbocycles. The lowest BCUT2D eigenvalue weighted by molar-refractivity contribution is -0.117. The van der Waals surface area contributed by atoms with Crippen molar-refractivity contribution in [2.75, 3.05) is 0 Å². The minimum Gasteiger partial charge on any atom is -0.349 e. The second kappa shape index (κ2) is 7.60. The van der Waals surface area contributed by atoms with Crippen LogP contribution in [0.5, 0.6) is 0 Å². The van der Waals surface area contributed by atoms with Crippen LogP contribution in [0.25, 0.3) is 16.6 Å². The van der Waals surface area contributed by atoms with Gasteiger partial charge in [0.05, 0.1) is 11.4 Å². The maximum absolute atomic E-state index is 12.3. The zero-order valence-corrected chi connectivity index (χ0v) is 15.4. The first kappa shape index (κ1) is 17.3. The average Bonchev–Trinajstić information content (AvgIpc) is 3.18. The summed E-state index contributed by atoms with van der Waals surface area (Å²) in [6.45, 7) is 0.628. The molecule has 1 aliphatic carbocycles. The fourth-order valence-corrected chi connectivity index (χ4v) is 3.52. The Morgan fingerprint density at radius 2 is 2.11 bits per heavy atom. The highest BCUT2D eigenvalue weighted by molar-refractivity contribution is 7.13. The molecule has 0 radical (unpaired) electrons. The molecule has 2 aromatic heterocycles. The summed E-state index contributed by atoms with van der Waals surface area (Å²) >= 11 is 1.59. The third-order valence-electron chi connectivity index (χ3n) is 4.31. The third-order valence-corrected chi connectivity index (χ3v) is 5.19. The van der Waals surface area contributed by atoms with Gasteiger partial charge in [0.2, 0.25) is 0 Å². The molecule has 0 unspecified atom stereocenters. The van der Waals surface area contributed by atoms with E-state index in [1.165, 1.54) is 0 Å². The smallest absolute Gasteiger partial charge is 0.262 e. The number of carbonyl (C=O) groups is 1. The van der Waals surface area contributed by atoms with Gasteiger partial charge in [-0.25, -0.2) is 0 Å². The number of hydrogen-bond acceptors (Lipinski definition) is 4. The molecule has 0 aliphatic heterocycles. The van der Waals surface area contributed by atoms with E-state index in [1.54, 1.807) is 17.4 Å². The molecular weight excluding hydrogens is 356 g/mol. The van der Waals surface area contributed by atoms with E-state index in [-0.39, 0.29) is 17.5 Å². The Morgan fingerprint density at radius 3 is 2.78 bits per heavy atom. The summed E-state index contributed by atoms with van der Waals surface area (Å²) in [6.07, 6.45) is 5.50. The van der Waals surface area contributed by atoms with Crippen molar-refractivity contribution in [3.8, 4) is 16.6 Å². The first-order chi connectivity index (χ1) is 13.2. The second-order valence-corrected chi connectivity index (χ2v) is 7.46. The number of nitrogens with one attached hydrogen (secondary N) is 1. The molecule has 1 aliphatic rings. The van der Waals surface area contributed by atoms with Crippen LogP contribution in [0.15, 0.2) is 59.6 Å². The van der Waals surface area contributed by atoms with E-state index in [0.29, 0.717) is 6.54 Å². The Bertz CT molecular complexity index is 1010. The van der Waals surface area contributed by atoms with E-state index < -0.39 is 0 Å². The first-order valence-corrected chi connectivity index (χ1v) is 9.69. The molecule has 27 heavy (non-hydrogen) atoms. The third kappa shape index (κ3) is 4.15. The van der Waals surface area contributed by atoms with Crippen molar-refractivity contribution in [1.29, 1.82) is 5.26 Å². The van der Waals surface area contributed by atoms with Crippen molar-refractivity contribution < 1.29 is 4.79 Å². The van der Waals surface area contributed by atoms with Gasteiger partial charge < -0.3 is 5.32 Å². The Balaban J connectivity index is 1.68. The predicted molar refractivity (Wildman–Crippen MR) is 106 cm³/mol. The van der Waals surface area contributed by atoms with E-state index in [4.69, 9.17) is 5.10 Å². The van der Waals surface area contributed by atoms with Crippen molar-refractivity contribution >= 4 is 23.3 Å². The van der Waals surface area contributed by atoms with Crippen LogP contribution >= 0.6 is 11.3 Å². The summed E-state index contributed by atoms with van der Waals surface area (Å²) in [7, 11) is 0. The van der Waals surface area contributed by atoms with Crippen molar-refractivity contribution in [1.82, 2.24) is 15.1 Å². The number of thiophene rings is 1. The normalized spacial score (nSPS) is 14.0. The van der Waals surface area contributed by atoms with Crippen LogP contribution < -0.4 is 5.32 Å². The highest BCUT2D eigenvalue weighted by Crippen LogP contribution is 2.28. The van der Waals surface area contributed by atoms with Crippen molar-refractivity contribution in [2.45, 2.75) is 25.4 Å². The zero-order valence-electron chi connectivity index (χ0n) is 14.6. The minimum atomic E-state index is -0.312. The van der Waals surface area contributed by atoms with Crippen LogP contribution in [-0.2, 0) is 11.3 Å². The molecule has 0 saturated heterocycles. The Morgan fingerprint density at radius 1 is 1.30 bits per heavy atom. The molecule has 1 aromatic carbocycles. The van der Waals surface area contributed by atoms with Gasteiger partial charge in [0.25, 0.3) is 5.91 Å². The van der Waals surface area contributed by atoms with Gasteiger partial charge in [0.1, 0.15) is 17.3 Å². The second-order valence-electron chi connectivity index (χ2n) is 6.51. The number of hydrogen-bond donors (Lipinski definition) is 1. The topological polar surface area (TPSA) is 70.7 Å². The van der Waals surface area contributed by atoms with Gasteiger partial charge in [0, 0.05) is 17.8 Å². The standard InChI is InChI=1S/C21H18N4OS/c22-12-16(21(26)23-18-8-9-18)11-17-14-25(13-15-5-2-1-3-6-15)24-20(17)19-7-4-10-27-19/h1-7,10-11,14,18H,8-9,13H2,(H,23,26)/b16-11+. The highest BCUT2D eigenvalue weighted by Gasteiger charge is 2.25. The molecule has 1 N–H and O–H groups in total. The molecule has 2 heterocycles. The lowest BCUT2D eigenvalue weighted by Crippen LogP contribution is -2.26. The summed E-state index contributed by atoms with van der Waals surface area (Å²) in [5.41, 5.74) is 2.81. The van der Waals surface area contributed by atoms with Gasteiger partial charge in [-0.05, 0) is 35.9 Å². The monoisotopic (exact) mass is 374 g/mol. The number of amides is 1. The van der Waals surface area contributed by atoms with Crippen LogP contribution in [0.2, 0.25) is 0 Å². The summed E-state index contributed by atoms with van der Waals surface area (Å²) in [5.74, 6) is -0.312. The molecule has 134 valence electrons. The van der Waals surface area contributed by atoms with Gasteiger partial charge in [-0.1, -0.05) is 36.4 Å². The quantitative estimate of drug-likeness (QED) is 0.526. The van der Waals surface area contributed by atoms with Gasteiger partial charge in [-0.2, -0.15) is 10.4 Å². The first-order valence-electron chi connectivity index (χ1n) is 8.81. The molecule has 3 aromatic rings. The maximum atomic E-state index is 12.3. The predicted octanol–water partition coefficient (Wildman–Crippen LogP) is 3.85. The lowest BCUT2D eigenvalue weighted by atomic mass is 10.1. The summed E-state index contributed by atoms with van der Waals surface area (Å²) < 4.78 is 1.85. The fraction of sp³-hybridized carbons (Fsp3) is 0.190. The fourth-order valence-electron chi connectivity index (χ4n) is 2.79. The van der Waals surface area contributed by atoms with Gasteiger partial charge in [-0.3, -0.25) is 9.48 Å². The number of nitrogens with zero attached hydrogens (tertiary/aromatic N) is 3. The van der Waals surface area contributed by atoms with Crippen LogP contribution in [-0.4, -0.2) is 21.7 Å². The largest absolute Gasteiger partial charge is 0.349 e. The molecule has 4 rings (SSSR count). The summed E-state index contributed by atoms with van der Waals surface area (Å²) in [6, 6.07) is 16.3. The average molecular weight is 374 g/mol. The number of rotatable bonds is 6. The van der Waals surface area contributed by atoms with Crippen LogP contribution in [0, 0.1) is 11.3 Å². The summed E-state index contributed by atoms with van der Waals surface area (Å²) in [5, 5.41) is 19.0. The van der Waals surface area contributed by atoms with Gasteiger partial charge in [-0.15, -0.1) is 11.3 Å². The van der Waals surface area contributed by atoms with E-state index in [0.717, 1.165) is 34.5 Å². The van der Waals surface area contributed by atoms with E-state index in [2.05, 4.69) is 5.32 Å². The maximum Gasteiger partial charge on any atom is 0.262 e. The number of nitriles is 1. The number of carbonyl (C=O) groups excluding carboxylic acids is 1. The Hall–Kier alpha value is -3.17.